The first kappa shape index (κ1) is 18.7. The summed E-state index contributed by atoms with van der Waals surface area (Å²) in [5.74, 6) is -0.0768. The lowest BCUT2D eigenvalue weighted by molar-refractivity contribution is -0.914. The third-order valence-electron chi connectivity index (χ3n) is 3.82. The maximum absolute atomic E-state index is 11.6. The zero-order valence-corrected chi connectivity index (χ0v) is 13.4. The van der Waals surface area contributed by atoms with Crippen LogP contribution in [-0.4, -0.2) is 56.3 Å². The molecule has 1 saturated heterocycles. The van der Waals surface area contributed by atoms with E-state index >= 15 is 0 Å². The molecule has 19 heavy (non-hydrogen) atoms. The minimum absolute atomic E-state index is 0. The van der Waals surface area contributed by atoms with E-state index in [-0.39, 0.29) is 24.4 Å². The summed E-state index contributed by atoms with van der Waals surface area (Å²) in [5.41, 5.74) is 0. The molecule has 0 aromatic heterocycles. The maximum atomic E-state index is 11.6. The van der Waals surface area contributed by atoms with Crippen molar-refractivity contribution in [2.45, 2.75) is 45.6 Å². The molecule has 0 bridgehead atoms. The average molecular weight is 294 g/mol. The van der Waals surface area contributed by atoms with Gasteiger partial charge in [0.25, 0.3) is 0 Å². The number of nitrogens with zero attached hydrogens (tertiary/aromatic N) is 1. The molecule has 114 valence electrons. The Morgan fingerprint density at radius 2 is 1.95 bits per heavy atom. The second-order valence-corrected chi connectivity index (χ2v) is 5.73. The molecule has 0 radical (unpaired) electrons. The van der Waals surface area contributed by atoms with Gasteiger partial charge in [0.1, 0.15) is 13.2 Å². The summed E-state index contributed by atoms with van der Waals surface area (Å²) in [6.45, 7) is 8.93. The first-order chi connectivity index (χ1) is 8.56. The van der Waals surface area contributed by atoms with Gasteiger partial charge in [0, 0.05) is 6.04 Å². The Morgan fingerprint density at radius 1 is 1.32 bits per heavy atom. The van der Waals surface area contributed by atoms with Crippen LogP contribution in [0.25, 0.3) is 0 Å². The molecule has 1 aliphatic heterocycles. The Hall–Kier alpha value is -0.320. The number of hydrogen-bond acceptors (Lipinski definition) is 3. The van der Waals surface area contributed by atoms with E-state index in [1.807, 2.05) is 13.8 Å². The third-order valence-corrected chi connectivity index (χ3v) is 3.82. The number of rotatable bonds is 7. The minimum atomic E-state index is -0.0768. The van der Waals surface area contributed by atoms with E-state index in [2.05, 4.69) is 12.4 Å². The number of piperidine rings is 1. The number of likely N-dealkylation sites (N-methyl/N-ethyl adjacent to an activating group) is 1. The molecule has 1 atom stereocenters. The summed E-state index contributed by atoms with van der Waals surface area (Å²) in [7, 11) is 2.27. The number of halogens is 1. The molecule has 0 aromatic carbocycles. The van der Waals surface area contributed by atoms with Gasteiger partial charge in [-0.15, -0.1) is 12.4 Å². The van der Waals surface area contributed by atoms with E-state index in [1.165, 1.54) is 32.4 Å². The van der Waals surface area contributed by atoms with Gasteiger partial charge in [0.05, 0.1) is 26.6 Å². The predicted octanol–water partition coefficient (Wildman–Crippen LogP) is 1.97. The van der Waals surface area contributed by atoms with Gasteiger partial charge in [-0.25, -0.2) is 0 Å². The number of likely N-dealkylation sites (tertiary alicyclic amines) is 1. The Kier molecular flexibility index (Phi) is 9.40. The molecule has 1 rings (SSSR count). The fourth-order valence-electron chi connectivity index (χ4n) is 2.61. The van der Waals surface area contributed by atoms with Gasteiger partial charge in [-0.1, -0.05) is 6.92 Å². The molecule has 1 unspecified atom stereocenters. The van der Waals surface area contributed by atoms with Crippen LogP contribution >= 0.6 is 12.4 Å². The molecule has 1 heterocycles. The molecular weight excluding hydrogens is 264 g/mol. The fraction of sp³-hybridized carbons (Fsp3) is 0.929. The molecule has 0 aliphatic carbocycles. The number of carbonyl (C=O) groups excluding carboxylic acids is 1. The number of esters is 1. The van der Waals surface area contributed by atoms with Crippen molar-refractivity contribution in [3.8, 4) is 0 Å². The van der Waals surface area contributed by atoms with Crippen LogP contribution in [0.5, 0.6) is 0 Å². The summed E-state index contributed by atoms with van der Waals surface area (Å²) >= 11 is 0. The van der Waals surface area contributed by atoms with Crippen molar-refractivity contribution in [3.63, 3.8) is 0 Å². The second-order valence-electron chi connectivity index (χ2n) is 5.73. The van der Waals surface area contributed by atoms with E-state index in [1.54, 1.807) is 0 Å². The number of carbonyl (C=O) groups is 1. The van der Waals surface area contributed by atoms with Crippen molar-refractivity contribution < 1.29 is 14.0 Å². The predicted molar refractivity (Wildman–Crippen MR) is 80.6 cm³/mol. The second kappa shape index (κ2) is 9.56. The normalized spacial score (nSPS) is 19.3. The Morgan fingerprint density at radius 3 is 2.53 bits per heavy atom. The number of nitrogens with one attached hydrogen (secondary N) is 1. The SMILES string of the molecule is CCNC(C)CC(=O)OCC[N+]1(C)CCCCC1.Cl. The van der Waals surface area contributed by atoms with Crippen LogP contribution in [0, 0.1) is 0 Å². The molecule has 5 heteroatoms. The lowest BCUT2D eigenvalue weighted by Gasteiger charge is -2.37. The van der Waals surface area contributed by atoms with Crippen LogP contribution in [0.15, 0.2) is 0 Å². The standard InChI is InChI=1S/C14H29N2O2.ClH/c1-4-15-13(2)12-14(17)18-11-10-16(3)8-6-5-7-9-16;/h13,15H,4-12H2,1-3H3;1H/q+1;. The summed E-state index contributed by atoms with van der Waals surface area (Å²) in [6, 6.07) is 0.210. The van der Waals surface area contributed by atoms with Crippen molar-refractivity contribution >= 4 is 18.4 Å². The first-order valence-electron chi connectivity index (χ1n) is 7.28. The monoisotopic (exact) mass is 293 g/mol. The average Bonchev–Trinajstić information content (AvgIpc) is 2.29. The fourth-order valence-corrected chi connectivity index (χ4v) is 2.61. The molecular formula is C14H30ClN2O2+. The zero-order chi connectivity index (χ0) is 13.4. The van der Waals surface area contributed by atoms with Gasteiger partial charge < -0.3 is 14.5 Å². The van der Waals surface area contributed by atoms with Gasteiger partial charge in [0.2, 0.25) is 0 Å². The third kappa shape index (κ3) is 7.75. The van der Waals surface area contributed by atoms with Crippen LogP contribution in [0.4, 0.5) is 0 Å². The molecule has 1 fully saturated rings. The van der Waals surface area contributed by atoms with Crippen molar-refractivity contribution in [1.29, 1.82) is 0 Å². The number of quaternary nitrogens is 1. The van der Waals surface area contributed by atoms with Gasteiger partial charge in [-0.3, -0.25) is 4.79 Å². The van der Waals surface area contributed by atoms with Gasteiger partial charge in [0.15, 0.2) is 0 Å². The summed E-state index contributed by atoms with van der Waals surface area (Å²) < 4.78 is 6.40. The Balaban J connectivity index is 0.00000324. The van der Waals surface area contributed by atoms with Gasteiger partial charge >= 0.3 is 5.97 Å². The van der Waals surface area contributed by atoms with Crippen LogP contribution in [0.2, 0.25) is 0 Å². The van der Waals surface area contributed by atoms with E-state index in [0.29, 0.717) is 13.0 Å². The zero-order valence-electron chi connectivity index (χ0n) is 12.6. The molecule has 0 spiro atoms. The topological polar surface area (TPSA) is 38.3 Å². The van der Waals surface area contributed by atoms with Gasteiger partial charge in [-0.2, -0.15) is 0 Å². The molecule has 1 N–H and O–H groups in total. The quantitative estimate of drug-likeness (QED) is 0.576. The van der Waals surface area contributed by atoms with Crippen molar-refractivity contribution in [2.24, 2.45) is 0 Å². The van der Waals surface area contributed by atoms with E-state index in [4.69, 9.17) is 4.74 Å². The summed E-state index contributed by atoms with van der Waals surface area (Å²) in [5, 5.41) is 3.22. The van der Waals surface area contributed by atoms with E-state index < -0.39 is 0 Å². The smallest absolute Gasteiger partial charge is 0.307 e. The Bertz CT molecular complexity index is 256. The maximum Gasteiger partial charge on any atom is 0.307 e. The summed E-state index contributed by atoms with van der Waals surface area (Å²) in [6.07, 6.45) is 4.44. The van der Waals surface area contributed by atoms with E-state index in [9.17, 15) is 4.79 Å². The largest absolute Gasteiger partial charge is 0.460 e. The molecule has 0 aromatic rings. The lowest BCUT2D eigenvalue weighted by Crippen LogP contribution is -2.49. The van der Waals surface area contributed by atoms with Crippen molar-refractivity contribution in [2.75, 3.05) is 39.8 Å². The van der Waals surface area contributed by atoms with Crippen LogP contribution in [-0.2, 0) is 9.53 Å². The highest BCUT2D eigenvalue weighted by Gasteiger charge is 2.24. The first-order valence-corrected chi connectivity index (χ1v) is 7.28. The highest BCUT2D eigenvalue weighted by atomic mass is 35.5. The van der Waals surface area contributed by atoms with Crippen LogP contribution in [0.1, 0.15) is 39.5 Å². The Labute approximate surface area is 123 Å². The van der Waals surface area contributed by atoms with Crippen LogP contribution < -0.4 is 5.32 Å². The molecule has 4 nitrogen and oxygen atoms in total. The number of hydrogen-bond donors (Lipinski definition) is 1. The highest BCUT2D eigenvalue weighted by molar-refractivity contribution is 5.85. The highest BCUT2D eigenvalue weighted by Crippen LogP contribution is 2.15. The van der Waals surface area contributed by atoms with Crippen LogP contribution in [0.3, 0.4) is 0 Å². The van der Waals surface area contributed by atoms with Gasteiger partial charge in [-0.05, 0) is 32.7 Å². The minimum Gasteiger partial charge on any atom is -0.460 e. The summed E-state index contributed by atoms with van der Waals surface area (Å²) in [4.78, 5) is 11.6. The number of ether oxygens (including phenoxy) is 1. The molecule has 1 aliphatic rings. The molecule has 0 amide bonds. The van der Waals surface area contributed by atoms with E-state index in [0.717, 1.165) is 17.6 Å². The lowest BCUT2D eigenvalue weighted by atomic mass is 10.1. The van der Waals surface area contributed by atoms with Crippen molar-refractivity contribution in [1.82, 2.24) is 5.32 Å². The van der Waals surface area contributed by atoms with Crippen molar-refractivity contribution in [3.05, 3.63) is 0 Å². The molecule has 0 saturated carbocycles.